The van der Waals surface area contributed by atoms with Gasteiger partial charge in [-0.05, 0) is 42.8 Å². The predicted octanol–water partition coefficient (Wildman–Crippen LogP) is 3.88. The summed E-state index contributed by atoms with van der Waals surface area (Å²) in [6, 6.07) is 11.6. The normalized spacial score (nSPS) is 12.2. The van der Waals surface area contributed by atoms with E-state index in [1.807, 2.05) is 43.3 Å². The van der Waals surface area contributed by atoms with Gasteiger partial charge in [-0.1, -0.05) is 0 Å². The van der Waals surface area contributed by atoms with Crippen LogP contribution in [0.3, 0.4) is 0 Å². The van der Waals surface area contributed by atoms with Crippen LogP contribution in [0.15, 0.2) is 42.6 Å². The first-order valence-electron chi connectivity index (χ1n) is 8.04. The zero-order valence-electron chi connectivity index (χ0n) is 14.0. The molecule has 0 atom stereocenters. The number of hydrogen-bond donors (Lipinski definition) is 1. The Kier molecular flexibility index (Phi) is 3.93. The van der Waals surface area contributed by atoms with Crippen LogP contribution in [-0.2, 0) is 0 Å². The predicted molar refractivity (Wildman–Crippen MR) is 93.3 cm³/mol. The number of benzene rings is 2. The molecule has 0 unspecified atom stereocenters. The van der Waals surface area contributed by atoms with E-state index in [2.05, 4.69) is 9.97 Å². The minimum atomic E-state index is 0.220. The van der Waals surface area contributed by atoms with Crippen molar-refractivity contribution in [2.75, 3.05) is 20.5 Å². The molecule has 25 heavy (non-hydrogen) atoms. The van der Waals surface area contributed by atoms with Crippen molar-refractivity contribution < 1.29 is 18.9 Å². The Morgan fingerprint density at radius 1 is 1.12 bits per heavy atom. The van der Waals surface area contributed by atoms with Crippen LogP contribution in [0.2, 0.25) is 0 Å². The zero-order chi connectivity index (χ0) is 17.2. The molecule has 6 nitrogen and oxygen atoms in total. The number of ether oxygens (including phenoxy) is 4. The van der Waals surface area contributed by atoms with E-state index in [1.54, 1.807) is 13.3 Å². The summed E-state index contributed by atoms with van der Waals surface area (Å²) in [5.74, 6) is 3.60. The van der Waals surface area contributed by atoms with Crippen LogP contribution < -0.4 is 18.9 Å². The van der Waals surface area contributed by atoms with Gasteiger partial charge in [-0.15, -0.1) is 0 Å². The summed E-state index contributed by atoms with van der Waals surface area (Å²) in [6.45, 7) is 2.84. The summed E-state index contributed by atoms with van der Waals surface area (Å²) in [6.07, 6.45) is 1.80. The summed E-state index contributed by atoms with van der Waals surface area (Å²) >= 11 is 0. The maximum Gasteiger partial charge on any atom is 0.231 e. The summed E-state index contributed by atoms with van der Waals surface area (Å²) in [4.78, 5) is 7.83. The molecule has 6 heteroatoms. The van der Waals surface area contributed by atoms with Gasteiger partial charge in [0.25, 0.3) is 0 Å². The topological polar surface area (TPSA) is 65.6 Å². The molecule has 1 aliphatic heterocycles. The van der Waals surface area contributed by atoms with Crippen molar-refractivity contribution in [1.82, 2.24) is 9.97 Å². The number of methoxy groups -OCH3 is 1. The minimum Gasteiger partial charge on any atom is -0.496 e. The third-order valence-corrected chi connectivity index (χ3v) is 4.00. The van der Waals surface area contributed by atoms with E-state index in [0.29, 0.717) is 29.7 Å². The number of nitrogens with zero attached hydrogens (tertiary/aromatic N) is 1. The summed E-state index contributed by atoms with van der Waals surface area (Å²) < 4.78 is 21.8. The first kappa shape index (κ1) is 15.4. The molecule has 0 radical (unpaired) electrons. The molecule has 1 aliphatic rings. The Morgan fingerprint density at radius 2 is 1.88 bits per heavy atom. The highest BCUT2D eigenvalue weighted by atomic mass is 16.7. The first-order valence-corrected chi connectivity index (χ1v) is 8.04. The highest BCUT2D eigenvalue weighted by Crippen LogP contribution is 2.41. The SMILES string of the molecule is CCOc1ccc(-c2cnc(-c3cc4c(cc3OC)OCO4)[nH]2)cc1. The molecule has 0 amide bonds. The molecule has 0 fully saturated rings. The largest absolute Gasteiger partial charge is 0.496 e. The average molecular weight is 338 g/mol. The van der Waals surface area contributed by atoms with Crippen molar-refractivity contribution >= 4 is 0 Å². The number of imidazole rings is 1. The van der Waals surface area contributed by atoms with E-state index in [9.17, 15) is 0 Å². The van der Waals surface area contributed by atoms with Crippen molar-refractivity contribution in [3.05, 3.63) is 42.6 Å². The highest BCUT2D eigenvalue weighted by Gasteiger charge is 2.20. The van der Waals surface area contributed by atoms with E-state index in [4.69, 9.17) is 18.9 Å². The number of rotatable bonds is 5. The summed E-state index contributed by atoms with van der Waals surface area (Å²) in [5.41, 5.74) is 2.77. The lowest BCUT2D eigenvalue weighted by atomic mass is 10.1. The van der Waals surface area contributed by atoms with Gasteiger partial charge >= 0.3 is 0 Å². The molecule has 0 spiro atoms. The van der Waals surface area contributed by atoms with Crippen molar-refractivity contribution in [1.29, 1.82) is 0 Å². The second-order valence-electron chi connectivity index (χ2n) is 5.51. The third-order valence-electron chi connectivity index (χ3n) is 4.00. The number of fused-ring (bicyclic) bond motifs is 1. The number of aromatic amines is 1. The Morgan fingerprint density at radius 3 is 2.60 bits per heavy atom. The van der Waals surface area contributed by atoms with Gasteiger partial charge in [0, 0.05) is 6.07 Å². The fraction of sp³-hybridized carbons (Fsp3) is 0.211. The van der Waals surface area contributed by atoms with Gasteiger partial charge in [-0.2, -0.15) is 0 Å². The van der Waals surface area contributed by atoms with Crippen LogP contribution >= 0.6 is 0 Å². The zero-order valence-corrected chi connectivity index (χ0v) is 14.0. The number of H-pyrrole nitrogens is 1. The van der Waals surface area contributed by atoms with Crippen LogP contribution in [0, 0.1) is 0 Å². The van der Waals surface area contributed by atoms with Crippen molar-refractivity contribution in [2.45, 2.75) is 6.92 Å². The molecule has 3 aromatic rings. The fourth-order valence-electron chi connectivity index (χ4n) is 2.78. The molecule has 2 aromatic carbocycles. The van der Waals surface area contributed by atoms with Gasteiger partial charge in [-0.25, -0.2) is 4.98 Å². The van der Waals surface area contributed by atoms with Crippen LogP contribution in [0.4, 0.5) is 0 Å². The lowest BCUT2D eigenvalue weighted by Gasteiger charge is -2.08. The molecule has 0 saturated carbocycles. The number of aromatic nitrogens is 2. The number of nitrogens with one attached hydrogen (secondary N) is 1. The molecule has 1 aromatic heterocycles. The van der Waals surface area contributed by atoms with Crippen molar-refractivity contribution in [3.63, 3.8) is 0 Å². The molecule has 128 valence electrons. The molecule has 0 bridgehead atoms. The average Bonchev–Trinajstić information content (AvgIpc) is 3.30. The van der Waals surface area contributed by atoms with Gasteiger partial charge in [0.1, 0.15) is 17.3 Å². The summed E-state index contributed by atoms with van der Waals surface area (Å²) in [7, 11) is 1.62. The molecule has 4 rings (SSSR count). The van der Waals surface area contributed by atoms with Gasteiger partial charge in [-0.3, -0.25) is 0 Å². The van der Waals surface area contributed by atoms with Crippen molar-refractivity contribution in [2.24, 2.45) is 0 Å². The molecule has 2 heterocycles. The van der Waals surface area contributed by atoms with E-state index in [1.165, 1.54) is 0 Å². The Bertz CT molecular complexity index is 887. The van der Waals surface area contributed by atoms with Crippen LogP contribution in [-0.4, -0.2) is 30.5 Å². The third kappa shape index (κ3) is 2.87. The van der Waals surface area contributed by atoms with Crippen LogP contribution in [0.25, 0.3) is 22.6 Å². The number of hydrogen-bond acceptors (Lipinski definition) is 5. The second kappa shape index (κ2) is 6.39. The molecule has 0 aliphatic carbocycles. The van der Waals surface area contributed by atoms with E-state index in [-0.39, 0.29) is 6.79 Å². The van der Waals surface area contributed by atoms with E-state index < -0.39 is 0 Å². The second-order valence-corrected chi connectivity index (χ2v) is 5.51. The van der Waals surface area contributed by atoms with Crippen molar-refractivity contribution in [3.8, 4) is 45.6 Å². The minimum absolute atomic E-state index is 0.220. The fourth-order valence-corrected chi connectivity index (χ4v) is 2.78. The van der Waals surface area contributed by atoms with E-state index in [0.717, 1.165) is 22.6 Å². The smallest absolute Gasteiger partial charge is 0.231 e. The quantitative estimate of drug-likeness (QED) is 0.765. The van der Waals surface area contributed by atoms with Crippen LogP contribution in [0.5, 0.6) is 23.0 Å². The molecule has 0 saturated heterocycles. The molecular formula is C19H18N2O4. The Labute approximate surface area is 145 Å². The van der Waals surface area contributed by atoms with Gasteiger partial charge < -0.3 is 23.9 Å². The standard InChI is InChI=1S/C19H18N2O4/c1-3-23-13-6-4-12(5-7-13)15-10-20-19(21-15)14-8-17-18(25-11-24-17)9-16(14)22-2/h4-10H,3,11H2,1-2H3,(H,20,21). The monoisotopic (exact) mass is 338 g/mol. The highest BCUT2D eigenvalue weighted by molar-refractivity contribution is 5.72. The molecule has 1 N–H and O–H groups in total. The van der Waals surface area contributed by atoms with Gasteiger partial charge in [0.15, 0.2) is 11.5 Å². The van der Waals surface area contributed by atoms with E-state index >= 15 is 0 Å². The first-order chi connectivity index (χ1) is 12.3. The maximum absolute atomic E-state index is 5.48. The van der Waals surface area contributed by atoms with Crippen LogP contribution in [0.1, 0.15) is 6.92 Å². The maximum atomic E-state index is 5.48. The van der Waals surface area contributed by atoms with Gasteiger partial charge in [0.05, 0.1) is 31.2 Å². The lowest BCUT2D eigenvalue weighted by molar-refractivity contribution is 0.174. The Balaban J connectivity index is 1.67. The summed E-state index contributed by atoms with van der Waals surface area (Å²) in [5, 5.41) is 0. The lowest BCUT2D eigenvalue weighted by Crippen LogP contribution is -1.92. The molecular weight excluding hydrogens is 320 g/mol. The Hall–Kier alpha value is -3.15. The van der Waals surface area contributed by atoms with Gasteiger partial charge in [0.2, 0.25) is 6.79 Å².